The van der Waals surface area contributed by atoms with Crippen molar-refractivity contribution in [2.45, 2.75) is 13.5 Å². The Labute approximate surface area is 122 Å². The number of nitrogens with two attached hydrogens (primary N) is 1. The van der Waals surface area contributed by atoms with Crippen LogP contribution in [-0.2, 0) is 6.54 Å². The molecule has 0 aliphatic heterocycles. The summed E-state index contributed by atoms with van der Waals surface area (Å²) in [5, 5.41) is 8.50. The highest BCUT2D eigenvalue weighted by Crippen LogP contribution is 2.19. The van der Waals surface area contributed by atoms with Crippen LogP contribution in [0.15, 0.2) is 48.7 Å². The van der Waals surface area contributed by atoms with E-state index < -0.39 is 0 Å². The Kier molecular flexibility index (Phi) is 3.22. The van der Waals surface area contributed by atoms with Crippen molar-refractivity contribution in [2.24, 2.45) is 5.73 Å². The summed E-state index contributed by atoms with van der Waals surface area (Å²) in [5.74, 6) is -0.147. The van der Waals surface area contributed by atoms with Crippen LogP contribution in [0.3, 0.4) is 0 Å². The van der Waals surface area contributed by atoms with Gasteiger partial charge in [-0.3, -0.25) is 5.41 Å². The summed E-state index contributed by atoms with van der Waals surface area (Å²) in [6.07, 6.45) is 1.97. The molecule has 0 fully saturated rings. The predicted octanol–water partition coefficient (Wildman–Crippen LogP) is 3.42. The van der Waals surface area contributed by atoms with Gasteiger partial charge in [-0.05, 0) is 54.4 Å². The second-order valence-electron chi connectivity index (χ2n) is 5.27. The van der Waals surface area contributed by atoms with Gasteiger partial charge in [-0.1, -0.05) is 6.07 Å². The SMILES string of the molecule is Cc1cc(F)cc(Cn2ccc3cc(C(=N)N)ccc32)c1. The van der Waals surface area contributed by atoms with Crippen molar-refractivity contribution in [3.05, 3.63) is 71.2 Å². The first-order valence-corrected chi connectivity index (χ1v) is 6.72. The molecule has 0 bridgehead atoms. The number of aromatic nitrogens is 1. The standard InChI is InChI=1S/C17H16FN3/c1-11-6-12(8-15(18)7-11)10-21-5-4-13-9-14(17(19)20)2-3-16(13)21/h2-9H,10H2,1H3,(H3,19,20). The van der Waals surface area contributed by atoms with Crippen LogP contribution < -0.4 is 5.73 Å². The smallest absolute Gasteiger partial charge is 0.123 e. The van der Waals surface area contributed by atoms with Crippen molar-refractivity contribution in [1.82, 2.24) is 4.57 Å². The Morgan fingerprint density at radius 1 is 1.19 bits per heavy atom. The summed E-state index contributed by atoms with van der Waals surface area (Å²) in [6.45, 7) is 2.50. The molecule has 0 spiro atoms. The van der Waals surface area contributed by atoms with Crippen LogP contribution in [0.5, 0.6) is 0 Å². The van der Waals surface area contributed by atoms with Crippen molar-refractivity contribution in [3.8, 4) is 0 Å². The first-order valence-electron chi connectivity index (χ1n) is 6.72. The monoisotopic (exact) mass is 281 g/mol. The highest BCUT2D eigenvalue weighted by molar-refractivity contribution is 5.98. The van der Waals surface area contributed by atoms with E-state index >= 15 is 0 Å². The zero-order valence-corrected chi connectivity index (χ0v) is 11.7. The molecule has 0 amide bonds. The molecule has 3 nitrogen and oxygen atoms in total. The van der Waals surface area contributed by atoms with Crippen LogP contribution in [0.1, 0.15) is 16.7 Å². The van der Waals surface area contributed by atoms with Crippen LogP contribution in [0.2, 0.25) is 0 Å². The zero-order valence-electron chi connectivity index (χ0n) is 11.7. The number of hydrogen-bond acceptors (Lipinski definition) is 1. The number of nitrogens with zero attached hydrogens (tertiary/aromatic N) is 1. The van der Waals surface area contributed by atoms with Crippen LogP contribution in [0, 0.1) is 18.2 Å². The van der Waals surface area contributed by atoms with E-state index in [1.54, 1.807) is 6.07 Å². The van der Waals surface area contributed by atoms with Gasteiger partial charge in [-0.25, -0.2) is 4.39 Å². The average Bonchev–Trinajstić information content (AvgIpc) is 2.80. The lowest BCUT2D eigenvalue weighted by atomic mass is 10.1. The Hall–Kier alpha value is -2.62. The number of hydrogen-bond donors (Lipinski definition) is 2. The maximum Gasteiger partial charge on any atom is 0.123 e. The summed E-state index contributed by atoms with van der Waals surface area (Å²) in [5.41, 5.74) is 9.10. The van der Waals surface area contributed by atoms with Gasteiger partial charge >= 0.3 is 0 Å². The van der Waals surface area contributed by atoms with E-state index in [1.807, 2.05) is 43.5 Å². The maximum absolute atomic E-state index is 13.5. The normalized spacial score (nSPS) is 11.0. The lowest BCUT2D eigenvalue weighted by Crippen LogP contribution is -2.10. The first-order chi connectivity index (χ1) is 10.0. The lowest BCUT2D eigenvalue weighted by Gasteiger charge is -2.08. The Balaban J connectivity index is 1.99. The van der Waals surface area contributed by atoms with Crippen molar-refractivity contribution < 1.29 is 4.39 Å². The molecule has 0 saturated carbocycles. The Bertz CT molecular complexity index is 813. The second kappa shape index (κ2) is 5.05. The van der Waals surface area contributed by atoms with Gasteiger partial charge in [-0.15, -0.1) is 0 Å². The maximum atomic E-state index is 13.5. The molecule has 0 saturated heterocycles. The third kappa shape index (κ3) is 2.65. The number of rotatable bonds is 3. The predicted molar refractivity (Wildman–Crippen MR) is 83.2 cm³/mol. The number of nitrogen functional groups attached to an aromatic ring is 1. The van der Waals surface area contributed by atoms with Gasteiger partial charge in [-0.2, -0.15) is 0 Å². The van der Waals surface area contributed by atoms with Gasteiger partial charge in [0.15, 0.2) is 0 Å². The summed E-state index contributed by atoms with van der Waals surface area (Å²) in [4.78, 5) is 0. The molecular formula is C17H16FN3. The van der Waals surface area contributed by atoms with Gasteiger partial charge in [0.25, 0.3) is 0 Å². The van der Waals surface area contributed by atoms with Gasteiger partial charge in [0, 0.05) is 29.2 Å². The van der Waals surface area contributed by atoms with E-state index in [-0.39, 0.29) is 11.7 Å². The number of halogens is 1. The molecule has 0 aliphatic carbocycles. The summed E-state index contributed by atoms with van der Waals surface area (Å²) in [6, 6.07) is 12.7. The fourth-order valence-electron chi connectivity index (χ4n) is 2.61. The van der Waals surface area contributed by atoms with Gasteiger partial charge in [0.1, 0.15) is 11.7 Å². The van der Waals surface area contributed by atoms with Gasteiger partial charge in [0.2, 0.25) is 0 Å². The molecule has 0 radical (unpaired) electrons. The minimum Gasteiger partial charge on any atom is -0.384 e. The highest BCUT2D eigenvalue weighted by atomic mass is 19.1. The fourth-order valence-corrected chi connectivity index (χ4v) is 2.61. The third-order valence-corrected chi connectivity index (χ3v) is 3.54. The van der Waals surface area contributed by atoms with Crippen LogP contribution in [-0.4, -0.2) is 10.4 Å². The molecule has 3 N–H and O–H groups in total. The van der Waals surface area contributed by atoms with Gasteiger partial charge in [0.05, 0.1) is 0 Å². The van der Waals surface area contributed by atoms with Crippen molar-refractivity contribution in [3.63, 3.8) is 0 Å². The molecule has 0 aliphatic rings. The van der Waals surface area contributed by atoms with Crippen LogP contribution in [0.4, 0.5) is 4.39 Å². The molecule has 0 unspecified atom stereocenters. The van der Waals surface area contributed by atoms with E-state index in [9.17, 15) is 4.39 Å². The summed E-state index contributed by atoms with van der Waals surface area (Å²) in [7, 11) is 0. The van der Waals surface area contributed by atoms with Crippen LogP contribution in [0.25, 0.3) is 10.9 Å². The molecule has 1 aromatic heterocycles. The number of amidine groups is 1. The number of aryl methyl sites for hydroxylation is 1. The molecular weight excluding hydrogens is 265 g/mol. The summed E-state index contributed by atoms with van der Waals surface area (Å²) < 4.78 is 15.5. The van der Waals surface area contributed by atoms with E-state index in [1.165, 1.54) is 6.07 Å². The second-order valence-corrected chi connectivity index (χ2v) is 5.27. The molecule has 3 aromatic rings. The Morgan fingerprint density at radius 3 is 2.71 bits per heavy atom. The lowest BCUT2D eigenvalue weighted by molar-refractivity contribution is 0.622. The largest absolute Gasteiger partial charge is 0.384 e. The molecule has 3 rings (SSSR count). The topological polar surface area (TPSA) is 54.8 Å². The van der Waals surface area contributed by atoms with Crippen molar-refractivity contribution in [1.29, 1.82) is 5.41 Å². The highest BCUT2D eigenvalue weighted by Gasteiger charge is 2.05. The minimum atomic E-state index is -0.208. The Morgan fingerprint density at radius 2 is 2.00 bits per heavy atom. The quantitative estimate of drug-likeness (QED) is 0.561. The van der Waals surface area contributed by atoms with E-state index in [2.05, 4.69) is 4.57 Å². The molecule has 0 atom stereocenters. The molecule has 21 heavy (non-hydrogen) atoms. The number of nitrogens with one attached hydrogen (secondary N) is 1. The van der Waals surface area contributed by atoms with E-state index in [0.29, 0.717) is 12.1 Å². The average molecular weight is 281 g/mol. The summed E-state index contributed by atoms with van der Waals surface area (Å²) >= 11 is 0. The number of fused-ring (bicyclic) bond motifs is 1. The van der Waals surface area contributed by atoms with E-state index in [4.69, 9.17) is 11.1 Å². The molecule has 2 aromatic carbocycles. The molecule has 4 heteroatoms. The number of benzene rings is 2. The van der Waals surface area contributed by atoms with Crippen molar-refractivity contribution >= 4 is 16.7 Å². The minimum absolute atomic E-state index is 0.0606. The third-order valence-electron chi connectivity index (χ3n) is 3.54. The zero-order chi connectivity index (χ0) is 15.0. The van der Waals surface area contributed by atoms with Gasteiger partial charge < -0.3 is 10.3 Å². The van der Waals surface area contributed by atoms with Crippen molar-refractivity contribution in [2.75, 3.05) is 0 Å². The first kappa shape index (κ1) is 13.4. The van der Waals surface area contributed by atoms with E-state index in [0.717, 1.165) is 22.0 Å². The fraction of sp³-hybridized carbons (Fsp3) is 0.118. The molecule has 1 heterocycles. The molecule has 106 valence electrons. The van der Waals surface area contributed by atoms with Crippen LogP contribution >= 0.6 is 0 Å².